The lowest BCUT2D eigenvalue weighted by Crippen LogP contribution is -2.49. The number of benzene rings is 1. The number of rotatable bonds is 5. The maximum atomic E-state index is 12.6. The number of carbonyl (C=O) groups is 1. The molecule has 1 heterocycles. The Balaban J connectivity index is 1.43. The second-order valence-corrected chi connectivity index (χ2v) is 7.68. The minimum atomic E-state index is -0.0105. The van der Waals surface area contributed by atoms with Gasteiger partial charge in [-0.3, -0.25) is 9.69 Å². The maximum Gasteiger partial charge on any atom is 0.223 e. The molecule has 0 spiro atoms. The quantitative estimate of drug-likeness (QED) is 0.742. The van der Waals surface area contributed by atoms with E-state index >= 15 is 0 Å². The molecule has 0 unspecified atom stereocenters. The van der Waals surface area contributed by atoms with E-state index in [0.717, 1.165) is 57.3 Å². The van der Waals surface area contributed by atoms with Gasteiger partial charge in [-0.25, -0.2) is 0 Å². The highest BCUT2D eigenvalue weighted by Crippen LogP contribution is 2.26. The van der Waals surface area contributed by atoms with Crippen molar-refractivity contribution in [2.24, 2.45) is 11.7 Å². The standard InChI is InChI=1S/C20H31N3O3/c1-26-19-12-15(5-6-18(19)21)20(25)22-16-7-9-23(10-8-16)13-14-3-2-4-17(24)11-14/h2-4,11,15-16,18-19,24H,5-10,12-13,21H2,1H3,(H,22,25)/t15-,18+,19+/m0/s1. The summed E-state index contributed by atoms with van der Waals surface area (Å²) >= 11 is 0. The second-order valence-electron chi connectivity index (χ2n) is 7.68. The minimum absolute atomic E-state index is 0.0105. The van der Waals surface area contributed by atoms with Gasteiger partial charge >= 0.3 is 0 Å². The third-order valence-corrected chi connectivity index (χ3v) is 5.77. The largest absolute Gasteiger partial charge is 0.508 e. The Bertz CT molecular complexity index is 602. The van der Waals surface area contributed by atoms with Crippen molar-refractivity contribution in [3.63, 3.8) is 0 Å². The number of ether oxygens (including phenoxy) is 1. The molecule has 1 aromatic carbocycles. The number of likely N-dealkylation sites (tertiary alicyclic amines) is 1. The normalized spacial score (nSPS) is 28.0. The molecule has 1 saturated heterocycles. The fourth-order valence-corrected chi connectivity index (χ4v) is 4.13. The molecule has 1 aliphatic heterocycles. The Kier molecular flexibility index (Phi) is 6.51. The number of piperidine rings is 1. The summed E-state index contributed by atoms with van der Waals surface area (Å²) in [4.78, 5) is 15.0. The third kappa shape index (κ3) is 4.96. The number of aromatic hydroxyl groups is 1. The van der Waals surface area contributed by atoms with Crippen molar-refractivity contribution in [1.82, 2.24) is 10.2 Å². The van der Waals surface area contributed by atoms with E-state index in [4.69, 9.17) is 10.5 Å². The van der Waals surface area contributed by atoms with Crippen molar-refractivity contribution in [2.45, 2.75) is 56.8 Å². The van der Waals surface area contributed by atoms with Gasteiger partial charge < -0.3 is 20.9 Å². The molecule has 0 aromatic heterocycles. The Labute approximate surface area is 155 Å². The van der Waals surface area contributed by atoms with Gasteiger partial charge in [-0.15, -0.1) is 0 Å². The highest BCUT2D eigenvalue weighted by Gasteiger charge is 2.33. The molecule has 2 fully saturated rings. The van der Waals surface area contributed by atoms with Crippen LogP contribution in [0.2, 0.25) is 0 Å². The van der Waals surface area contributed by atoms with Crippen LogP contribution in [0.25, 0.3) is 0 Å². The van der Waals surface area contributed by atoms with Crippen LogP contribution >= 0.6 is 0 Å². The number of nitrogens with one attached hydrogen (secondary N) is 1. The molecule has 1 saturated carbocycles. The first kappa shape index (κ1) is 19.1. The molecule has 0 bridgehead atoms. The van der Waals surface area contributed by atoms with Crippen LogP contribution in [0.5, 0.6) is 5.75 Å². The van der Waals surface area contributed by atoms with Gasteiger partial charge in [0, 0.05) is 44.7 Å². The van der Waals surface area contributed by atoms with Crippen LogP contribution in [0, 0.1) is 5.92 Å². The van der Waals surface area contributed by atoms with Crippen LogP contribution in [-0.4, -0.2) is 54.3 Å². The third-order valence-electron chi connectivity index (χ3n) is 5.77. The van der Waals surface area contributed by atoms with Gasteiger partial charge in [0.1, 0.15) is 5.75 Å². The van der Waals surface area contributed by atoms with E-state index in [9.17, 15) is 9.90 Å². The lowest BCUT2D eigenvalue weighted by atomic mass is 9.83. The number of phenols is 1. The number of phenolic OH excluding ortho intramolecular Hbond substituents is 1. The Morgan fingerprint density at radius 1 is 1.31 bits per heavy atom. The Morgan fingerprint density at radius 3 is 2.77 bits per heavy atom. The number of hydrogen-bond donors (Lipinski definition) is 3. The van der Waals surface area contributed by atoms with Gasteiger partial charge in [0.05, 0.1) is 6.10 Å². The zero-order valence-corrected chi connectivity index (χ0v) is 15.6. The first-order valence-corrected chi connectivity index (χ1v) is 9.64. The number of nitrogens with two attached hydrogens (primary N) is 1. The van der Waals surface area contributed by atoms with E-state index in [-0.39, 0.29) is 30.0 Å². The molecule has 3 rings (SSSR count). The van der Waals surface area contributed by atoms with E-state index in [0.29, 0.717) is 5.75 Å². The summed E-state index contributed by atoms with van der Waals surface area (Å²) in [6, 6.07) is 7.71. The molecule has 1 amide bonds. The lowest BCUT2D eigenvalue weighted by molar-refractivity contribution is -0.128. The first-order valence-electron chi connectivity index (χ1n) is 9.64. The summed E-state index contributed by atoms with van der Waals surface area (Å²) in [7, 11) is 1.67. The Hall–Kier alpha value is -1.63. The van der Waals surface area contributed by atoms with Crippen LogP contribution in [0.3, 0.4) is 0 Å². The average Bonchev–Trinajstić information content (AvgIpc) is 2.64. The van der Waals surface area contributed by atoms with Crippen molar-refractivity contribution < 1.29 is 14.6 Å². The van der Waals surface area contributed by atoms with Gasteiger partial charge in [-0.1, -0.05) is 12.1 Å². The predicted molar refractivity (Wildman–Crippen MR) is 101 cm³/mol. The van der Waals surface area contributed by atoms with Crippen LogP contribution in [-0.2, 0) is 16.1 Å². The SMILES string of the molecule is CO[C@@H]1C[C@@H](C(=O)NC2CCN(Cc3cccc(O)c3)CC2)CC[C@H]1N. The van der Waals surface area contributed by atoms with E-state index in [1.807, 2.05) is 18.2 Å². The van der Waals surface area contributed by atoms with E-state index in [2.05, 4.69) is 10.2 Å². The number of carbonyl (C=O) groups excluding carboxylic acids is 1. The maximum absolute atomic E-state index is 12.6. The van der Waals surface area contributed by atoms with Crippen molar-refractivity contribution in [2.75, 3.05) is 20.2 Å². The highest BCUT2D eigenvalue weighted by molar-refractivity contribution is 5.79. The molecule has 26 heavy (non-hydrogen) atoms. The summed E-state index contributed by atoms with van der Waals surface area (Å²) in [6.45, 7) is 2.75. The fourth-order valence-electron chi connectivity index (χ4n) is 4.13. The number of amides is 1. The van der Waals surface area contributed by atoms with Crippen molar-refractivity contribution in [1.29, 1.82) is 0 Å². The van der Waals surface area contributed by atoms with Gasteiger partial charge in [0.15, 0.2) is 0 Å². The number of methoxy groups -OCH3 is 1. The van der Waals surface area contributed by atoms with Crippen LogP contribution in [0.4, 0.5) is 0 Å². The Morgan fingerprint density at radius 2 is 2.08 bits per heavy atom. The second kappa shape index (κ2) is 8.84. The highest BCUT2D eigenvalue weighted by atomic mass is 16.5. The molecule has 3 atom stereocenters. The van der Waals surface area contributed by atoms with Gasteiger partial charge in [0.2, 0.25) is 5.91 Å². The van der Waals surface area contributed by atoms with Crippen molar-refractivity contribution >= 4 is 5.91 Å². The molecular weight excluding hydrogens is 330 g/mol. The number of hydrogen-bond acceptors (Lipinski definition) is 5. The van der Waals surface area contributed by atoms with Crippen molar-refractivity contribution in [3.05, 3.63) is 29.8 Å². The lowest BCUT2D eigenvalue weighted by Gasteiger charge is -2.35. The molecule has 0 radical (unpaired) electrons. The van der Waals surface area contributed by atoms with E-state index < -0.39 is 0 Å². The van der Waals surface area contributed by atoms with E-state index in [1.54, 1.807) is 13.2 Å². The summed E-state index contributed by atoms with van der Waals surface area (Å²) in [5.74, 6) is 0.488. The molecule has 6 nitrogen and oxygen atoms in total. The molecule has 1 aromatic rings. The zero-order valence-electron chi connectivity index (χ0n) is 15.6. The molecule has 144 valence electrons. The zero-order chi connectivity index (χ0) is 18.5. The smallest absolute Gasteiger partial charge is 0.223 e. The van der Waals surface area contributed by atoms with Crippen LogP contribution < -0.4 is 11.1 Å². The fraction of sp³-hybridized carbons (Fsp3) is 0.650. The summed E-state index contributed by atoms with van der Waals surface area (Å²) in [6.07, 6.45) is 4.33. The number of nitrogens with zero attached hydrogens (tertiary/aromatic N) is 1. The van der Waals surface area contributed by atoms with Gasteiger partial charge in [-0.2, -0.15) is 0 Å². The summed E-state index contributed by atoms with van der Waals surface area (Å²) in [5, 5.41) is 12.8. The van der Waals surface area contributed by atoms with E-state index in [1.165, 1.54) is 0 Å². The van der Waals surface area contributed by atoms with Gasteiger partial charge in [0.25, 0.3) is 0 Å². The van der Waals surface area contributed by atoms with Crippen LogP contribution in [0.15, 0.2) is 24.3 Å². The van der Waals surface area contributed by atoms with Gasteiger partial charge in [-0.05, 0) is 49.8 Å². The molecule has 6 heteroatoms. The molecule has 2 aliphatic rings. The first-order chi connectivity index (χ1) is 12.5. The summed E-state index contributed by atoms with van der Waals surface area (Å²) in [5.41, 5.74) is 7.17. The topological polar surface area (TPSA) is 87.8 Å². The van der Waals surface area contributed by atoms with Crippen molar-refractivity contribution in [3.8, 4) is 5.75 Å². The monoisotopic (exact) mass is 361 g/mol. The molecule has 4 N–H and O–H groups in total. The average molecular weight is 361 g/mol. The van der Waals surface area contributed by atoms with Crippen LogP contribution in [0.1, 0.15) is 37.7 Å². The predicted octanol–water partition coefficient (Wildman–Crippen LogP) is 1.62. The molecule has 1 aliphatic carbocycles. The summed E-state index contributed by atoms with van der Waals surface area (Å²) < 4.78 is 5.42. The molecular formula is C20H31N3O3. The minimum Gasteiger partial charge on any atom is -0.508 e.